The Bertz CT molecular complexity index is 791. The number of pyridine rings is 1. The van der Waals surface area contributed by atoms with E-state index in [1.807, 2.05) is 0 Å². The maximum absolute atomic E-state index is 13.7. The van der Waals surface area contributed by atoms with Crippen LogP contribution in [0.3, 0.4) is 0 Å². The van der Waals surface area contributed by atoms with Crippen molar-refractivity contribution in [1.29, 1.82) is 0 Å². The molecule has 0 saturated carbocycles. The van der Waals surface area contributed by atoms with Gasteiger partial charge in [-0.2, -0.15) is 0 Å². The smallest absolute Gasteiger partial charge is 0.255 e. The number of anilines is 2. The normalized spacial score (nSPS) is 14.1. The third-order valence-electron chi connectivity index (χ3n) is 4.07. The first-order valence-corrected chi connectivity index (χ1v) is 7.96. The van der Waals surface area contributed by atoms with Crippen LogP contribution in [-0.4, -0.2) is 24.0 Å². The van der Waals surface area contributed by atoms with E-state index in [1.54, 1.807) is 12.1 Å². The molecule has 1 aromatic carbocycles. The minimum absolute atomic E-state index is 0.335. The fraction of sp³-hybridized carbons (Fsp3) is 0.263. The Labute approximate surface area is 140 Å². The summed E-state index contributed by atoms with van der Waals surface area (Å²) >= 11 is 0. The number of carbonyl (C=O) groups excluding carboxylic acids is 1. The number of hydrogen-bond acceptors (Lipinski definition) is 3. The van der Waals surface area contributed by atoms with Crippen molar-refractivity contribution in [2.45, 2.75) is 19.3 Å². The fourth-order valence-corrected chi connectivity index (χ4v) is 2.86. The van der Waals surface area contributed by atoms with E-state index in [-0.39, 0.29) is 11.7 Å². The summed E-state index contributed by atoms with van der Waals surface area (Å²) in [6.07, 6.45) is 10.2. The van der Waals surface area contributed by atoms with Gasteiger partial charge < -0.3 is 10.2 Å². The van der Waals surface area contributed by atoms with Crippen LogP contribution in [0.4, 0.5) is 15.8 Å². The maximum Gasteiger partial charge on any atom is 0.255 e. The highest BCUT2D eigenvalue weighted by atomic mass is 19.1. The van der Waals surface area contributed by atoms with Crippen LogP contribution >= 0.6 is 0 Å². The molecule has 1 amide bonds. The molecular formula is C19H18FN3O. The van der Waals surface area contributed by atoms with Crippen LogP contribution in [0.2, 0.25) is 0 Å². The van der Waals surface area contributed by atoms with E-state index >= 15 is 0 Å². The molecule has 1 N–H and O–H groups in total. The molecule has 3 rings (SSSR count). The van der Waals surface area contributed by atoms with E-state index in [9.17, 15) is 9.18 Å². The monoisotopic (exact) mass is 323 g/mol. The second kappa shape index (κ2) is 7.14. The van der Waals surface area contributed by atoms with Gasteiger partial charge in [0.1, 0.15) is 11.5 Å². The van der Waals surface area contributed by atoms with E-state index < -0.39 is 0 Å². The van der Waals surface area contributed by atoms with Crippen LogP contribution in [-0.2, 0) is 0 Å². The Kier molecular flexibility index (Phi) is 4.76. The quantitative estimate of drug-likeness (QED) is 0.880. The maximum atomic E-state index is 13.7. The fourth-order valence-electron chi connectivity index (χ4n) is 2.86. The van der Waals surface area contributed by atoms with Crippen LogP contribution < -0.4 is 10.2 Å². The first-order valence-electron chi connectivity index (χ1n) is 7.96. The van der Waals surface area contributed by atoms with E-state index in [0.717, 1.165) is 31.6 Å². The molecule has 1 aromatic heterocycles. The zero-order valence-corrected chi connectivity index (χ0v) is 13.3. The lowest BCUT2D eigenvalue weighted by Gasteiger charge is -2.30. The summed E-state index contributed by atoms with van der Waals surface area (Å²) < 4.78 is 13.7. The zero-order chi connectivity index (χ0) is 16.9. The molecule has 122 valence electrons. The number of halogens is 1. The molecule has 1 fully saturated rings. The van der Waals surface area contributed by atoms with Gasteiger partial charge in [-0.1, -0.05) is 5.92 Å². The lowest BCUT2D eigenvalue weighted by Crippen LogP contribution is -2.30. The highest BCUT2D eigenvalue weighted by Gasteiger charge is 2.17. The summed E-state index contributed by atoms with van der Waals surface area (Å²) in [5, 5.41) is 2.80. The summed E-state index contributed by atoms with van der Waals surface area (Å²) in [4.78, 5) is 18.6. The minimum Gasteiger partial charge on any atom is -0.370 e. The Hall–Kier alpha value is -2.87. The molecule has 2 aromatic rings. The molecule has 1 saturated heterocycles. The Balaban J connectivity index is 1.87. The average molecular weight is 323 g/mol. The lowest BCUT2D eigenvalue weighted by molar-refractivity contribution is 0.102. The minimum atomic E-state index is -0.384. The third kappa shape index (κ3) is 3.54. The van der Waals surface area contributed by atoms with Gasteiger partial charge in [0.15, 0.2) is 0 Å². The molecule has 0 unspecified atom stereocenters. The van der Waals surface area contributed by atoms with Gasteiger partial charge in [0, 0.05) is 24.8 Å². The van der Waals surface area contributed by atoms with Gasteiger partial charge in [-0.25, -0.2) is 9.37 Å². The summed E-state index contributed by atoms with van der Waals surface area (Å²) in [6, 6.07) is 7.61. The molecule has 1 aliphatic rings. The van der Waals surface area contributed by atoms with Gasteiger partial charge in [-0.3, -0.25) is 4.79 Å². The Morgan fingerprint density at radius 1 is 1.21 bits per heavy atom. The molecule has 4 nitrogen and oxygen atoms in total. The SMILES string of the molecule is C#Cc1cc(C(=O)Nc2cc(F)ccc2N2CCCCC2)ccn1. The average Bonchev–Trinajstić information content (AvgIpc) is 2.62. The third-order valence-corrected chi connectivity index (χ3v) is 4.07. The Morgan fingerprint density at radius 3 is 2.75 bits per heavy atom. The highest BCUT2D eigenvalue weighted by Crippen LogP contribution is 2.29. The second-order valence-electron chi connectivity index (χ2n) is 5.74. The molecule has 24 heavy (non-hydrogen) atoms. The summed E-state index contributed by atoms with van der Waals surface area (Å²) in [5.41, 5.74) is 2.10. The van der Waals surface area contributed by atoms with Crippen molar-refractivity contribution in [3.05, 3.63) is 53.6 Å². The molecule has 0 atom stereocenters. The van der Waals surface area contributed by atoms with Gasteiger partial charge in [0.2, 0.25) is 0 Å². The number of amides is 1. The number of hydrogen-bond donors (Lipinski definition) is 1. The molecule has 2 heterocycles. The summed E-state index contributed by atoms with van der Waals surface area (Å²) in [7, 11) is 0. The standard InChI is InChI=1S/C19H18FN3O/c1-2-16-12-14(8-9-21-16)19(24)22-17-13-15(20)6-7-18(17)23-10-4-3-5-11-23/h1,6-9,12-13H,3-5,10-11H2,(H,22,24). The number of carbonyl (C=O) groups is 1. The van der Waals surface area contributed by atoms with Crippen LogP contribution in [0.5, 0.6) is 0 Å². The molecular weight excluding hydrogens is 305 g/mol. The van der Waals surface area contributed by atoms with Crippen LogP contribution in [0.25, 0.3) is 0 Å². The number of benzene rings is 1. The largest absolute Gasteiger partial charge is 0.370 e. The second-order valence-corrected chi connectivity index (χ2v) is 5.74. The molecule has 0 spiro atoms. The van der Waals surface area contributed by atoms with Crippen molar-refractivity contribution >= 4 is 17.3 Å². The summed E-state index contributed by atoms with van der Waals surface area (Å²) in [6.45, 7) is 1.82. The van der Waals surface area contributed by atoms with Gasteiger partial charge in [0.05, 0.1) is 11.4 Å². The molecule has 0 aliphatic carbocycles. The highest BCUT2D eigenvalue weighted by molar-refractivity contribution is 6.06. The van der Waals surface area contributed by atoms with E-state index in [2.05, 4.69) is 21.1 Å². The number of piperidine rings is 1. The topological polar surface area (TPSA) is 45.2 Å². The van der Waals surface area contributed by atoms with Crippen LogP contribution in [0, 0.1) is 18.2 Å². The number of aromatic nitrogens is 1. The predicted octanol–water partition coefficient (Wildman–Crippen LogP) is 3.44. The van der Waals surface area contributed by atoms with E-state index in [1.165, 1.54) is 30.8 Å². The van der Waals surface area contributed by atoms with Gasteiger partial charge in [-0.15, -0.1) is 6.42 Å². The molecule has 1 aliphatic heterocycles. The van der Waals surface area contributed by atoms with Crippen molar-refractivity contribution in [1.82, 2.24) is 4.98 Å². The number of nitrogens with one attached hydrogen (secondary N) is 1. The van der Waals surface area contributed by atoms with Crippen molar-refractivity contribution in [2.75, 3.05) is 23.3 Å². The van der Waals surface area contributed by atoms with Crippen molar-refractivity contribution in [3.63, 3.8) is 0 Å². The zero-order valence-electron chi connectivity index (χ0n) is 13.3. The van der Waals surface area contributed by atoms with Crippen LogP contribution in [0.1, 0.15) is 35.3 Å². The van der Waals surface area contributed by atoms with Crippen molar-refractivity contribution in [3.8, 4) is 12.3 Å². The van der Waals surface area contributed by atoms with Gasteiger partial charge in [-0.05, 0) is 49.6 Å². The molecule has 0 radical (unpaired) electrons. The van der Waals surface area contributed by atoms with Crippen LogP contribution in [0.15, 0.2) is 36.5 Å². The van der Waals surface area contributed by atoms with E-state index in [0.29, 0.717) is 16.9 Å². The predicted molar refractivity (Wildman–Crippen MR) is 92.6 cm³/mol. The summed E-state index contributed by atoms with van der Waals surface area (Å²) in [5.74, 6) is 1.68. The number of terminal acetylenes is 1. The lowest BCUT2D eigenvalue weighted by atomic mass is 10.1. The van der Waals surface area contributed by atoms with Crippen molar-refractivity contribution in [2.24, 2.45) is 0 Å². The van der Waals surface area contributed by atoms with E-state index in [4.69, 9.17) is 6.42 Å². The Morgan fingerprint density at radius 2 is 2.00 bits per heavy atom. The first kappa shape index (κ1) is 16.0. The molecule has 0 bridgehead atoms. The number of nitrogens with zero attached hydrogens (tertiary/aromatic N) is 2. The van der Waals surface area contributed by atoms with Gasteiger partial charge in [0.25, 0.3) is 5.91 Å². The van der Waals surface area contributed by atoms with Gasteiger partial charge >= 0.3 is 0 Å². The number of rotatable bonds is 3. The van der Waals surface area contributed by atoms with Crippen molar-refractivity contribution < 1.29 is 9.18 Å². The first-order chi connectivity index (χ1) is 11.7. The molecule has 5 heteroatoms.